The lowest BCUT2D eigenvalue weighted by Gasteiger charge is -2.11. The van der Waals surface area contributed by atoms with Gasteiger partial charge in [-0.25, -0.2) is 4.39 Å². The van der Waals surface area contributed by atoms with Crippen molar-refractivity contribution in [2.24, 2.45) is 5.73 Å². The zero-order valence-electron chi connectivity index (χ0n) is 13.1. The van der Waals surface area contributed by atoms with Gasteiger partial charge in [0.25, 0.3) is 0 Å². The summed E-state index contributed by atoms with van der Waals surface area (Å²) in [6.45, 7) is 2.38. The molecule has 1 aliphatic heterocycles. The number of hydrogen-bond acceptors (Lipinski definition) is 4. The first kappa shape index (κ1) is 15.6. The fourth-order valence-electron chi connectivity index (χ4n) is 2.71. The largest absolute Gasteiger partial charge is 0.325 e. The van der Waals surface area contributed by atoms with Gasteiger partial charge in [0.1, 0.15) is 11.6 Å². The van der Waals surface area contributed by atoms with E-state index >= 15 is 0 Å². The van der Waals surface area contributed by atoms with Gasteiger partial charge in [0.2, 0.25) is 5.91 Å². The predicted molar refractivity (Wildman–Crippen MR) is 85.3 cm³/mol. The van der Waals surface area contributed by atoms with Crippen LogP contribution in [0.4, 0.5) is 10.1 Å². The molecular weight excluding hydrogens is 297 g/mol. The topological polar surface area (TPSA) is 85.8 Å². The standard InChI is InChI=1S/C16H20FN5O/c1-10(18)16(23)19-11-6-7-13(17)12(9-11)15-21-20-14-5-3-2-4-8-22(14)15/h6-7,9-10H,2-5,8,18H2,1H3,(H,19,23). The molecule has 1 unspecified atom stereocenters. The Labute approximate surface area is 133 Å². The summed E-state index contributed by atoms with van der Waals surface area (Å²) in [5.41, 5.74) is 6.38. The second kappa shape index (κ2) is 6.45. The van der Waals surface area contributed by atoms with Gasteiger partial charge in [0.15, 0.2) is 5.82 Å². The number of benzene rings is 1. The van der Waals surface area contributed by atoms with Crippen LogP contribution in [0.25, 0.3) is 11.4 Å². The molecule has 1 aromatic heterocycles. The first-order chi connectivity index (χ1) is 11.1. The molecule has 122 valence electrons. The summed E-state index contributed by atoms with van der Waals surface area (Å²) in [7, 11) is 0. The van der Waals surface area contributed by atoms with Crippen molar-refractivity contribution >= 4 is 11.6 Å². The predicted octanol–water partition coefficient (Wildman–Crippen LogP) is 2.10. The van der Waals surface area contributed by atoms with Crippen LogP contribution in [0.1, 0.15) is 32.0 Å². The van der Waals surface area contributed by atoms with E-state index in [0.717, 1.165) is 38.1 Å². The van der Waals surface area contributed by atoms with Crippen LogP contribution in [0.5, 0.6) is 0 Å². The van der Waals surface area contributed by atoms with Crippen molar-refractivity contribution in [3.8, 4) is 11.4 Å². The van der Waals surface area contributed by atoms with Gasteiger partial charge in [0, 0.05) is 18.7 Å². The van der Waals surface area contributed by atoms with Gasteiger partial charge in [-0.05, 0) is 38.0 Å². The number of anilines is 1. The Morgan fingerprint density at radius 3 is 2.96 bits per heavy atom. The summed E-state index contributed by atoms with van der Waals surface area (Å²) in [6.07, 6.45) is 4.09. The summed E-state index contributed by atoms with van der Waals surface area (Å²) in [6, 6.07) is 3.79. The number of aromatic nitrogens is 3. The van der Waals surface area contributed by atoms with Gasteiger partial charge in [-0.15, -0.1) is 10.2 Å². The van der Waals surface area contributed by atoms with E-state index in [2.05, 4.69) is 15.5 Å². The number of nitrogens with two attached hydrogens (primary N) is 1. The lowest BCUT2D eigenvalue weighted by molar-refractivity contribution is -0.117. The monoisotopic (exact) mass is 317 g/mol. The molecule has 0 saturated carbocycles. The van der Waals surface area contributed by atoms with E-state index in [1.54, 1.807) is 13.0 Å². The van der Waals surface area contributed by atoms with Crippen LogP contribution in [0.3, 0.4) is 0 Å². The molecule has 2 aromatic rings. The van der Waals surface area contributed by atoms with E-state index in [0.29, 0.717) is 17.1 Å². The molecule has 0 saturated heterocycles. The molecule has 0 bridgehead atoms. The van der Waals surface area contributed by atoms with Crippen LogP contribution >= 0.6 is 0 Å². The van der Waals surface area contributed by atoms with E-state index < -0.39 is 6.04 Å². The molecule has 6 nitrogen and oxygen atoms in total. The summed E-state index contributed by atoms with van der Waals surface area (Å²) < 4.78 is 16.3. The highest BCUT2D eigenvalue weighted by molar-refractivity contribution is 5.94. The van der Waals surface area contributed by atoms with Gasteiger partial charge >= 0.3 is 0 Å². The Hall–Kier alpha value is -2.28. The van der Waals surface area contributed by atoms with Crippen molar-refractivity contribution in [2.45, 2.75) is 45.2 Å². The lowest BCUT2D eigenvalue weighted by atomic mass is 10.1. The molecule has 1 aliphatic rings. The lowest BCUT2D eigenvalue weighted by Crippen LogP contribution is -2.32. The average Bonchev–Trinajstić information content (AvgIpc) is 2.77. The molecule has 0 spiro atoms. The van der Waals surface area contributed by atoms with Crippen molar-refractivity contribution in [2.75, 3.05) is 5.32 Å². The molecule has 23 heavy (non-hydrogen) atoms. The van der Waals surface area contributed by atoms with E-state index in [1.165, 1.54) is 12.1 Å². The minimum Gasteiger partial charge on any atom is -0.325 e. The molecule has 3 rings (SSSR count). The van der Waals surface area contributed by atoms with Gasteiger partial charge in [-0.1, -0.05) is 6.42 Å². The number of amides is 1. The Bertz CT molecular complexity index is 725. The molecule has 2 heterocycles. The Kier molecular flexibility index (Phi) is 4.38. The van der Waals surface area contributed by atoms with Crippen molar-refractivity contribution in [3.05, 3.63) is 29.8 Å². The summed E-state index contributed by atoms with van der Waals surface area (Å²) >= 11 is 0. The van der Waals surface area contributed by atoms with Crippen LogP contribution in [-0.2, 0) is 17.8 Å². The number of fused-ring (bicyclic) bond motifs is 1. The molecular formula is C16H20FN5O. The van der Waals surface area contributed by atoms with Gasteiger partial charge in [-0.3, -0.25) is 4.79 Å². The number of hydrogen-bond donors (Lipinski definition) is 2. The highest BCUT2D eigenvalue weighted by Gasteiger charge is 2.19. The first-order valence-electron chi connectivity index (χ1n) is 7.84. The number of carbonyl (C=O) groups excluding carboxylic acids is 1. The third kappa shape index (κ3) is 3.24. The summed E-state index contributed by atoms with van der Waals surface area (Å²) in [5, 5.41) is 11.0. The third-order valence-electron chi connectivity index (χ3n) is 4.00. The number of carbonyl (C=O) groups is 1. The first-order valence-corrected chi connectivity index (χ1v) is 7.84. The van der Waals surface area contributed by atoms with Crippen molar-refractivity contribution in [1.82, 2.24) is 14.8 Å². The maximum atomic E-state index is 14.3. The molecule has 7 heteroatoms. The molecule has 1 amide bonds. The second-order valence-corrected chi connectivity index (χ2v) is 5.87. The number of nitrogens with zero attached hydrogens (tertiary/aromatic N) is 3. The highest BCUT2D eigenvalue weighted by Crippen LogP contribution is 2.27. The smallest absolute Gasteiger partial charge is 0.240 e. The molecule has 1 aromatic carbocycles. The molecule has 1 atom stereocenters. The van der Waals surface area contributed by atoms with Crippen LogP contribution < -0.4 is 11.1 Å². The number of rotatable bonds is 3. The maximum absolute atomic E-state index is 14.3. The van der Waals surface area contributed by atoms with Gasteiger partial charge in [-0.2, -0.15) is 0 Å². The van der Waals surface area contributed by atoms with Crippen molar-refractivity contribution in [3.63, 3.8) is 0 Å². The maximum Gasteiger partial charge on any atom is 0.240 e. The average molecular weight is 317 g/mol. The molecule has 0 radical (unpaired) electrons. The van der Waals surface area contributed by atoms with Gasteiger partial charge < -0.3 is 15.6 Å². The quantitative estimate of drug-likeness (QED) is 0.907. The van der Waals surface area contributed by atoms with Crippen LogP contribution in [0.2, 0.25) is 0 Å². The third-order valence-corrected chi connectivity index (χ3v) is 4.00. The summed E-state index contributed by atoms with van der Waals surface area (Å²) in [5.74, 6) is 0.698. The zero-order valence-corrected chi connectivity index (χ0v) is 13.1. The fraction of sp³-hybridized carbons (Fsp3) is 0.438. The van der Waals surface area contributed by atoms with Crippen LogP contribution in [0.15, 0.2) is 18.2 Å². The van der Waals surface area contributed by atoms with Gasteiger partial charge in [0.05, 0.1) is 11.6 Å². The number of nitrogens with one attached hydrogen (secondary N) is 1. The number of halogens is 1. The fourth-order valence-corrected chi connectivity index (χ4v) is 2.71. The highest BCUT2D eigenvalue weighted by atomic mass is 19.1. The molecule has 0 aliphatic carbocycles. The Morgan fingerprint density at radius 2 is 2.17 bits per heavy atom. The normalized spacial score (nSPS) is 15.6. The van der Waals surface area contributed by atoms with E-state index in [4.69, 9.17) is 5.73 Å². The minimum atomic E-state index is -0.632. The van der Waals surface area contributed by atoms with Crippen LogP contribution in [0, 0.1) is 5.82 Å². The van der Waals surface area contributed by atoms with Crippen LogP contribution in [-0.4, -0.2) is 26.7 Å². The molecule has 3 N–H and O–H groups in total. The zero-order chi connectivity index (χ0) is 16.4. The second-order valence-electron chi connectivity index (χ2n) is 5.87. The van der Waals surface area contributed by atoms with E-state index in [9.17, 15) is 9.18 Å². The SMILES string of the molecule is CC(N)C(=O)Nc1ccc(F)c(-c2nnc3n2CCCCC3)c1. The Morgan fingerprint density at radius 1 is 1.35 bits per heavy atom. The van der Waals surface area contributed by atoms with E-state index in [-0.39, 0.29) is 11.7 Å². The Balaban J connectivity index is 1.96. The van der Waals surface area contributed by atoms with E-state index in [1.807, 2.05) is 4.57 Å². The van der Waals surface area contributed by atoms with Crippen molar-refractivity contribution in [1.29, 1.82) is 0 Å². The molecule has 0 fully saturated rings. The number of aryl methyl sites for hydroxylation is 1. The summed E-state index contributed by atoms with van der Waals surface area (Å²) in [4.78, 5) is 11.7. The minimum absolute atomic E-state index is 0.317. The van der Waals surface area contributed by atoms with Crippen molar-refractivity contribution < 1.29 is 9.18 Å².